The highest BCUT2D eigenvalue weighted by molar-refractivity contribution is 6.00. The van der Waals surface area contributed by atoms with E-state index in [4.69, 9.17) is 14.5 Å². The minimum Gasteiger partial charge on any atom is -0.352 e. The van der Waals surface area contributed by atoms with E-state index in [0.29, 0.717) is 31.1 Å². The molecule has 0 unspecified atom stereocenters. The molecule has 2 aromatic heterocycles. The summed E-state index contributed by atoms with van der Waals surface area (Å²) in [6.07, 6.45) is 1.30. The van der Waals surface area contributed by atoms with Gasteiger partial charge in [0.25, 0.3) is 5.71 Å². The van der Waals surface area contributed by atoms with Crippen LogP contribution in [0, 0.1) is 5.92 Å². The molecule has 0 saturated carbocycles. The van der Waals surface area contributed by atoms with Crippen LogP contribution in [0.4, 0.5) is 5.82 Å². The molecule has 0 bridgehead atoms. The zero-order chi connectivity index (χ0) is 22.9. The maximum atomic E-state index is 12.2. The lowest BCUT2D eigenvalue weighted by atomic mass is 10.0. The van der Waals surface area contributed by atoms with Gasteiger partial charge in [-0.2, -0.15) is 4.98 Å². The van der Waals surface area contributed by atoms with Crippen LogP contribution in [-0.4, -0.2) is 52.1 Å². The van der Waals surface area contributed by atoms with E-state index >= 15 is 0 Å². The number of anilines is 1. The number of piperazine rings is 1. The molecule has 7 nitrogen and oxygen atoms in total. The number of carbonyl (C=O) groups excluding carboxylic acids is 1. The van der Waals surface area contributed by atoms with Gasteiger partial charge in [-0.15, -0.1) is 0 Å². The second-order valence-electron chi connectivity index (χ2n) is 9.06. The van der Waals surface area contributed by atoms with Gasteiger partial charge in [0.2, 0.25) is 5.91 Å². The van der Waals surface area contributed by atoms with Crippen molar-refractivity contribution in [3.63, 3.8) is 0 Å². The third-order valence-corrected chi connectivity index (χ3v) is 6.21. The zero-order valence-corrected chi connectivity index (χ0v) is 19.4. The molecule has 1 saturated heterocycles. The summed E-state index contributed by atoms with van der Waals surface area (Å²) in [7, 11) is 0. The largest absolute Gasteiger partial charge is 0.352 e. The predicted octanol–water partition coefficient (Wildman–Crippen LogP) is 4.70. The molecule has 5 rings (SSSR count). The lowest BCUT2D eigenvalue weighted by Crippen LogP contribution is -2.49. The second-order valence-corrected chi connectivity index (χ2v) is 9.06. The highest BCUT2D eigenvalue weighted by Gasteiger charge is 2.27. The monoisotopic (exact) mass is 443 g/mol. The van der Waals surface area contributed by atoms with Gasteiger partial charge in [0.1, 0.15) is 22.7 Å². The number of aromatic nitrogens is 3. The number of hydrogen-bond acceptors (Lipinski definition) is 6. The number of carbonyl (C=O) groups is 1. The van der Waals surface area contributed by atoms with E-state index in [2.05, 4.69) is 54.2 Å². The smallest absolute Gasteiger partial charge is 0.263 e. The molecule has 1 aliphatic rings. The number of rotatable bonds is 5. The molecular formula is C26H29N5O2. The third-order valence-electron chi connectivity index (χ3n) is 6.21. The molecule has 1 aliphatic heterocycles. The van der Waals surface area contributed by atoms with Gasteiger partial charge in [-0.05, 0) is 22.8 Å². The number of hydrogen-bond donors (Lipinski definition) is 0. The summed E-state index contributed by atoms with van der Waals surface area (Å²) >= 11 is 0. The summed E-state index contributed by atoms with van der Waals surface area (Å²) in [5.41, 5.74) is 2.26. The van der Waals surface area contributed by atoms with Gasteiger partial charge in [0.15, 0.2) is 0 Å². The first-order valence-electron chi connectivity index (χ1n) is 11.7. The Morgan fingerprint density at radius 3 is 2.52 bits per heavy atom. The van der Waals surface area contributed by atoms with E-state index < -0.39 is 0 Å². The Morgan fingerprint density at radius 1 is 1.03 bits per heavy atom. The normalized spacial score (nSPS) is 14.5. The summed E-state index contributed by atoms with van der Waals surface area (Å²) in [4.78, 5) is 26.0. The van der Waals surface area contributed by atoms with E-state index in [1.165, 1.54) is 5.39 Å². The Labute approximate surface area is 193 Å². The molecule has 1 fully saturated rings. The van der Waals surface area contributed by atoms with Crippen molar-refractivity contribution in [1.82, 2.24) is 20.0 Å². The van der Waals surface area contributed by atoms with Gasteiger partial charge in [-0.1, -0.05) is 62.3 Å². The predicted molar refractivity (Wildman–Crippen MR) is 130 cm³/mol. The van der Waals surface area contributed by atoms with Crippen LogP contribution in [0.5, 0.6) is 0 Å². The molecular weight excluding hydrogens is 414 g/mol. The van der Waals surface area contributed by atoms with Crippen LogP contribution < -0.4 is 4.90 Å². The Morgan fingerprint density at radius 2 is 1.79 bits per heavy atom. The number of benzene rings is 2. The van der Waals surface area contributed by atoms with E-state index in [1.807, 2.05) is 24.0 Å². The van der Waals surface area contributed by atoms with Crippen molar-refractivity contribution in [2.75, 3.05) is 31.1 Å². The lowest BCUT2D eigenvalue weighted by Gasteiger charge is -2.35. The SMILES string of the molecule is CCC(=O)N1CCN(c2nc(CC(C)C)nc3onc(-c4ccc5ccccc5c4)c23)CC1. The first kappa shape index (κ1) is 21.4. The maximum Gasteiger partial charge on any atom is 0.263 e. The van der Waals surface area contributed by atoms with Crippen LogP contribution in [0.1, 0.15) is 33.0 Å². The van der Waals surface area contributed by atoms with Crippen molar-refractivity contribution in [1.29, 1.82) is 0 Å². The molecule has 33 heavy (non-hydrogen) atoms. The summed E-state index contributed by atoms with van der Waals surface area (Å²) < 4.78 is 5.75. The van der Waals surface area contributed by atoms with Crippen LogP contribution in [-0.2, 0) is 11.2 Å². The average molecular weight is 444 g/mol. The Balaban J connectivity index is 1.59. The van der Waals surface area contributed by atoms with Gasteiger partial charge in [-0.25, -0.2) is 4.98 Å². The number of fused-ring (bicyclic) bond motifs is 2. The fourth-order valence-electron chi connectivity index (χ4n) is 4.49. The van der Waals surface area contributed by atoms with Crippen LogP contribution >= 0.6 is 0 Å². The third kappa shape index (κ3) is 4.15. The molecule has 3 heterocycles. The maximum absolute atomic E-state index is 12.2. The van der Waals surface area contributed by atoms with Crippen molar-refractivity contribution in [2.24, 2.45) is 5.92 Å². The molecule has 0 atom stereocenters. The molecule has 4 aromatic rings. The first-order valence-corrected chi connectivity index (χ1v) is 11.7. The first-order chi connectivity index (χ1) is 16.0. The van der Waals surface area contributed by atoms with Crippen molar-refractivity contribution in [2.45, 2.75) is 33.6 Å². The molecule has 0 N–H and O–H groups in total. The van der Waals surface area contributed by atoms with E-state index in [0.717, 1.165) is 53.2 Å². The molecule has 0 radical (unpaired) electrons. The standard InChI is InChI=1S/C26H29N5O2/c1-4-22(32)30-11-13-31(14-12-30)25-23-24(20-10-9-18-7-5-6-8-19(18)16-20)29-33-26(23)28-21(27-25)15-17(2)3/h5-10,16-17H,4,11-15H2,1-3H3. The molecule has 0 spiro atoms. The Hall–Kier alpha value is -3.48. The fourth-order valence-corrected chi connectivity index (χ4v) is 4.49. The topological polar surface area (TPSA) is 75.4 Å². The van der Waals surface area contributed by atoms with Gasteiger partial charge in [0, 0.05) is 44.6 Å². The van der Waals surface area contributed by atoms with Crippen LogP contribution in [0.25, 0.3) is 33.1 Å². The average Bonchev–Trinajstić information content (AvgIpc) is 3.26. The minimum absolute atomic E-state index is 0.199. The highest BCUT2D eigenvalue weighted by atomic mass is 16.5. The molecule has 0 aliphatic carbocycles. The summed E-state index contributed by atoms with van der Waals surface area (Å²) in [5.74, 6) is 2.24. The van der Waals surface area contributed by atoms with Crippen molar-refractivity contribution >= 4 is 33.6 Å². The van der Waals surface area contributed by atoms with Gasteiger partial charge in [0.05, 0.1) is 0 Å². The van der Waals surface area contributed by atoms with Crippen LogP contribution in [0.15, 0.2) is 47.0 Å². The highest BCUT2D eigenvalue weighted by Crippen LogP contribution is 2.35. The van der Waals surface area contributed by atoms with Gasteiger partial charge < -0.3 is 14.3 Å². The van der Waals surface area contributed by atoms with Crippen molar-refractivity contribution in [3.8, 4) is 11.3 Å². The molecule has 7 heteroatoms. The molecule has 170 valence electrons. The summed E-state index contributed by atoms with van der Waals surface area (Å²) in [6.45, 7) is 9.05. The number of nitrogens with zero attached hydrogens (tertiary/aromatic N) is 5. The van der Waals surface area contributed by atoms with Gasteiger partial charge in [-0.3, -0.25) is 4.79 Å². The van der Waals surface area contributed by atoms with Crippen molar-refractivity contribution in [3.05, 3.63) is 48.3 Å². The summed E-state index contributed by atoms with van der Waals surface area (Å²) in [6, 6.07) is 14.6. The van der Waals surface area contributed by atoms with Crippen LogP contribution in [0.3, 0.4) is 0 Å². The van der Waals surface area contributed by atoms with Gasteiger partial charge >= 0.3 is 0 Å². The molecule has 1 amide bonds. The summed E-state index contributed by atoms with van der Waals surface area (Å²) in [5, 5.41) is 7.61. The number of amides is 1. The van der Waals surface area contributed by atoms with E-state index in [9.17, 15) is 4.79 Å². The quantitative estimate of drug-likeness (QED) is 0.445. The second kappa shape index (κ2) is 8.81. The Kier molecular flexibility index (Phi) is 5.70. The van der Waals surface area contributed by atoms with Crippen molar-refractivity contribution < 1.29 is 9.32 Å². The minimum atomic E-state index is 0.199. The molecule has 2 aromatic carbocycles. The van der Waals surface area contributed by atoms with E-state index in [1.54, 1.807) is 0 Å². The van der Waals surface area contributed by atoms with E-state index in [-0.39, 0.29) is 5.91 Å². The zero-order valence-electron chi connectivity index (χ0n) is 19.4. The fraction of sp³-hybridized carbons (Fsp3) is 0.385. The Bertz CT molecular complexity index is 1300. The lowest BCUT2D eigenvalue weighted by molar-refractivity contribution is -0.131. The van der Waals surface area contributed by atoms with Crippen LogP contribution in [0.2, 0.25) is 0 Å².